The largest absolute Gasteiger partial charge is 0.467 e. The van der Waals surface area contributed by atoms with Crippen LogP contribution in [0.5, 0.6) is 0 Å². The first-order valence-corrected chi connectivity index (χ1v) is 5.02. The molecule has 6 nitrogen and oxygen atoms in total. The molecule has 0 N–H and O–H groups in total. The van der Waals surface area contributed by atoms with E-state index in [9.17, 15) is 14.4 Å². The number of hydrogen-bond acceptors (Lipinski definition) is 5. The Labute approximate surface area is 93.5 Å². The van der Waals surface area contributed by atoms with Gasteiger partial charge >= 0.3 is 12.1 Å². The quantitative estimate of drug-likeness (QED) is 0.639. The number of amides is 1. The molecule has 0 aromatic heterocycles. The summed E-state index contributed by atoms with van der Waals surface area (Å²) in [5.41, 5.74) is 0. The monoisotopic (exact) mass is 229 g/mol. The summed E-state index contributed by atoms with van der Waals surface area (Å²) in [7, 11) is 1.22. The van der Waals surface area contributed by atoms with Crippen LogP contribution in [0, 0.1) is 0 Å². The summed E-state index contributed by atoms with van der Waals surface area (Å²) in [6, 6.07) is -0.844. The second-order valence-corrected chi connectivity index (χ2v) is 3.84. The molecule has 0 saturated carbocycles. The molecule has 0 bridgehead atoms. The van der Waals surface area contributed by atoms with Crippen molar-refractivity contribution < 1.29 is 23.9 Å². The molecule has 0 spiro atoms. The third-order valence-corrected chi connectivity index (χ3v) is 2.19. The Hall–Kier alpha value is -1.59. The van der Waals surface area contributed by atoms with E-state index in [1.54, 1.807) is 13.8 Å². The Morgan fingerprint density at radius 1 is 1.44 bits per heavy atom. The smallest absolute Gasteiger partial charge is 0.411 e. The van der Waals surface area contributed by atoms with Crippen LogP contribution >= 0.6 is 0 Å². The van der Waals surface area contributed by atoms with E-state index < -0.39 is 18.1 Å². The number of ether oxygens (including phenoxy) is 2. The molecule has 0 radical (unpaired) electrons. The number of carbonyl (C=O) groups is 3. The van der Waals surface area contributed by atoms with E-state index in [1.807, 2.05) is 0 Å². The van der Waals surface area contributed by atoms with Gasteiger partial charge in [0.25, 0.3) is 0 Å². The van der Waals surface area contributed by atoms with Gasteiger partial charge < -0.3 is 9.47 Å². The van der Waals surface area contributed by atoms with Crippen LogP contribution in [-0.4, -0.2) is 48.5 Å². The number of carbonyl (C=O) groups excluding carboxylic acids is 3. The van der Waals surface area contributed by atoms with Gasteiger partial charge in [-0.25, -0.2) is 9.59 Å². The highest BCUT2D eigenvalue weighted by Gasteiger charge is 2.40. The van der Waals surface area contributed by atoms with Crippen LogP contribution in [0.1, 0.15) is 20.3 Å². The SMILES string of the molecule is COC(=O)C1CC(=O)CN1C(=O)OC(C)C. The molecule has 1 aliphatic rings. The molecule has 16 heavy (non-hydrogen) atoms. The van der Waals surface area contributed by atoms with Crippen molar-refractivity contribution in [3.63, 3.8) is 0 Å². The molecular formula is C10H15NO5. The molecule has 1 atom stereocenters. The highest BCUT2D eigenvalue weighted by Crippen LogP contribution is 2.17. The van der Waals surface area contributed by atoms with E-state index in [2.05, 4.69) is 4.74 Å². The summed E-state index contributed by atoms with van der Waals surface area (Å²) in [4.78, 5) is 35.2. The number of nitrogens with zero attached hydrogens (tertiary/aromatic N) is 1. The molecule has 0 aromatic rings. The molecule has 1 heterocycles. The maximum absolute atomic E-state index is 11.6. The van der Waals surface area contributed by atoms with E-state index in [-0.39, 0.29) is 24.9 Å². The average molecular weight is 229 g/mol. The number of likely N-dealkylation sites (tertiary alicyclic amines) is 1. The van der Waals surface area contributed by atoms with Gasteiger partial charge in [-0.15, -0.1) is 0 Å². The van der Waals surface area contributed by atoms with Gasteiger partial charge in [-0.2, -0.15) is 0 Å². The van der Waals surface area contributed by atoms with Gasteiger partial charge in [-0.3, -0.25) is 9.69 Å². The van der Waals surface area contributed by atoms with Crippen LogP contribution in [0.4, 0.5) is 4.79 Å². The average Bonchev–Trinajstić information content (AvgIpc) is 2.58. The standard InChI is InChI=1S/C10H15NO5/c1-6(2)16-10(14)11-5-7(12)4-8(11)9(13)15-3/h6,8H,4-5H2,1-3H3. The molecule has 1 amide bonds. The molecule has 1 unspecified atom stereocenters. The summed E-state index contributed by atoms with van der Waals surface area (Å²) < 4.78 is 9.46. The van der Waals surface area contributed by atoms with E-state index in [4.69, 9.17) is 4.74 Å². The minimum atomic E-state index is -0.844. The lowest BCUT2D eigenvalue weighted by Gasteiger charge is -2.22. The third kappa shape index (κ3) is 2.71. The molecule has 90 valence electrons. The molecule has 1 saturated heterocycles. The Bertz CT molecular complexity index is 312. The van der Waals surface area contributed by atoms with Crippen molar-refractivity contribution in [2.75, 3.05) is 13.7 Å². The molecular weight excluding hydrogens is 214 g/mol. The maximum Gasteiger partial charge on any atom is 0.411 e. The number of rotatable bonds is 2. The topological polar surface area (TPSA) is 72.9 Å². The number of ketones is 1. The van der Waals surface area contributed by atoms with Crippen LogP contribution in [0.3, 0.4) is 0 Å². The van der Waals surface area contributed by atoms with Gasteiger partial charge in [-0.05, 0) is 13.8 Å². The van der Waals surface area contributed by atoms with Crippen LogP contribution in [0.2, 0.25) is 0 Å². The van der Waals surface area contributed by atoms with Gasteiger partial charge in [0.1, 0.15) is 6.04 Å². The Morgan fingerprint density at radius 3 is 2.56 bits per heavy atom. The van der Waals surface area contributed by atoms with E-state index in [0.29, 0.717) is 0 Å². The Balaban J connectivity index is 2.73. The van der Waals surface area contributed by atoms with Crippen molar-refractivity contribution in [2.24, 2.45) is 0 Å². The van der Waals surface area contributed by atoms with Crippen LogP contribution < -0.4 is 0 Å². The zero-order valence-electron chi connectivity index (χ0n) is 9.56. The second kappa shape index (κ2) is 4.96. The summed E-state index contributed by atoms with van der Waals surface area (Å²) in [6.07, 6.45) is -0.947. The minimum absolute atomic E-state index is 0.000130. The van der Waals surface area contributed by atoms with E-state index in [0.717, 1.165) is 4.90 Å². The summed E-state index contributed by atoms with van der Waals surface area (Å²) in [6.45, 7) is 3.30. The molecule has 1 fully saturated rings. The fourth-order valence-electron chi connectivity index (χ4n) is 1.50. The van der Waals surface area contributed by atoms with Crippen LogP contribution in [0.15, 0.2) is 0 Å². The lowest BCUT2D eigenvalue weighted by atomic mass is 10.2. The summed E-state index contributed by atoms with van der Waals surface area (Å²) >= 11 is 0. The second-order valence-electron chi connectivity index (χ2n) is 3.84. The Kier molecular flexibility index (Phi) is 3.87. The van der Waals surface area contributed by atoms with Crippen molar-refractivity contribution in [3.8, 4) is 0 Å². The highest BCUT2D eigenvalue weighted by molar-refractivity contribution is 5.95. The summed E-state index contributed by atoms with van der Waals surface area (Å²) in [5, 5.41) is 0. The molecule has 6 heteroatoms. The fourth-order valence-corrected chi connectivity index (χ4v) is 1.50. The predicted octanol–water partition coefficient (Wildman–Crippen LogP) is 0.348. The van der Waals surface area contributed by atoms with E-state index >= 15 is 0 Å². The number of methoxy groups -OCH3 is 1. The molecule has 1 aliphatic heterocycles. The first-order chi connectivity index (χ1) is 7.45. The van der Waals surface area contributed by atoms with Gasteiger partial charge in [0.05, 0.1) is 19.8 Å². The highest BCUT2D eigenvalue weighted by atomic mass is 16.6. The molecule has 1 rings (SSSR count). The number of hydrogen-bond donors (Lipinski definition) is 0. The van der Waals surface area contributed by atoms with Crippen molar-refractivity contribution in [2.45, 2.75) is 32.4 Å². The molecule has 0 aliphatic carbocycles. The van der Waals surface area contributed by atoms with Gasteiger partial charge in [0.15, 0.2) is 5.78 Å². The minimum Gasteiger partial charge on any atom is -0.467 e. The Morgan fingerprint density at radius 2 is 2.06 bits per heavy atom. The number of Topliss-reactive ketones (excluding diaryl/α,β-unsaturated/α-hetero) is 1. The lowest BCUT2D eigenvalue weighted by molar-refractivity contribution is -0.145. The van der Waals surface area contributed by atoms with Gasteiger partial charge in [-0.1, -0.05) is 0 Å². The fraction of sp³-hybridized carbons (Fsp3) is 0.700. The lowest BCUT2D eigenvalue weighted by Crippen LogP contribution is -2.42. The predicted molar refractivity (Wildman–Crippen MR) is 53.8 cm³/mol. The first-order valence-electron chi connectivity index (χ1n) is 5.02. The van der Waals surface area contributed by atoms with Gasteiger partial charge in [0, 0.05) is 6.42 Å². The van der Waals surface area contributed by atoms with Crippen LogP contribution in [0.25, 0.3) is 0 Å². The summed E-state index contributed by atoms with van der Waals surface area (Å²) in [5.74, 6) is -0.761. The van der Waals surface area contributed by atoms with E-state index in [1.165, 1.54) is 7.11 Å². The maximum atomic E-state index is 11.6. The van der Waals surface area contributed by atoms with Crippen molar-refractivity contribution >= 4 is 17.8 Å². The van der Waals surface area contributed by atoms with Gasteiger partial charge in [0.2, 0.25) is 0 Å². The number of esters is 1. The van der Waals surface area contributed by atoms with Crippen molar-refractivity contribution in [1.82, 2.24) is 4.90 Å². The zero-order valence-corrected chi connectivity index (χ0v) is 9.56. The van der Waals surface area contributed by atoms with Crippen molar-refractivity contribution in [3.05, 3.63) is 0 Å². The molecule has 0 aromatic carbocycles. The van der Waals surface area contributed by atoms with Crippen LogP contribution in [-0.2, 0) is 19.1 Å². The van der Waals surface area contributed by atoms with Crippen molar-refractivity contribution in [1.29, 1.82) is 0 Å². The zero-order chi connectivity index (χ0) is 12.3. The normalized spacial score (nSPS) is 20.1. The first kappa shape index (κ1) is 12.5. The third-order valence-electron chi connectivity index (χ3n) is 2.19.